The van der Waals surface area contributed by atoms with E-state index in [9.17, 15) is 0 Å². The number of H-pyrrole nitrogens is 1. The van der Waals surface area contributed by atoms with Gasteiger partial charge in [-0.15, -0.1) is 0 Å². The Labute approximate surface area is 69.4 Å². The summed E-state index contributed by atoms with van der Waals surface area (Å²) in [7, 11) is 0. The van der Waals surface area contributed by atoms with E-state index in [1.54, 1.807) is 6.20 Å². The van der Waals surface area contributed by atoms with Crippen molar-refractivity contribution in [3.63, 3.8) is 0 Å². The molecule has 2 N–H and O–H groups in total. The van der Waals surface area contributed by atoms with E-state index in [4.69, 9.17) is 0 Å². The Morgan fingerprint density at radius 1 is 1.45 bits per heavy atom. The number of hydrogen-bond donors (Lipinski definition) is 3. The number of nitrogens with one attached hydrogen (secondary N) is 2. The van der Waals surface area contributed by atoms with Crippen LogP contribution in [0, 0.1) is 0 Å². The molecule has 0 unspecified atom stereocenters. The van der Waals surface area contributed by atoms with Crippen molar-refractivity contribution in [1.82, 2.24) is 10.2 Å². The van der Waals surface area contributed by atoms with Crippen LogP contribution in [0.1, 0.15) is 0 Å². The summed E-state index contributed by atoms with van der Waals surface area (Å²) in [5, 5.41) is 7.88. The van der Waals surface area contributed by atoms with Gasteiger partial charge in [-0.2, -0.15) is 5.10 Å². The predicted octanol–water partition coefficient (Wildman–Crippen LogP) is 1.82. The van der Waals surface area contributed by atoms with Gasteiger partial charge in [-0.05, 0) is 18.2 Å². The van der Waals surface area contributed by atoms with Crippen LogP contribution in [0.2, 0.25) is 0 Å². The monoisotopic (exact) mass is 165 g/mol. The Balaban J connectivity index is 2.67. The fourth-order valence-electron chi connectivity index (χ4n) is 1.01. The Kier molecular flexibility index (Phi) is 1.47. The summed E-state index contributed by atoms with van der Waals surface area (Å²) in [4.78, 5) is 0. The van der Waals surface area contributed by atoms with E-state index in [1.165, 1.54) is 0 Å². The Hall–Kier alpha value is -1.16. The van der Waals surface area contributed by atoms with Gasteiger partial charge in [0.05, 0.1) is 11.7 Å². The van der Waals surface area contributed by atoms with Crippen LogP contribution >= 0.6 is 12.8 Å². The zero-order chi connectivity index (χ0) is 7.68. The summed E-state index contributed by atoms with van der Waals surface area (Å²) in [5.74, 6) is 0. The van der Waals surface area contributed by atoms with E-state index < -0.39 is 0 Å². The van der Waals surface area contributed by atoms with Crippen molar-refractivity contribution in [2.24, 2.45) is 0 Å². The number of aromatic amines is 1. The van der Waals surface area contributed by atoms with Gasteiger partial charge in [-0.1, -0.05) is 12.8 Å². The fraction of sp³-hybridized carbons (Fsp3) is 0. The summed E-state index contributed by atoms with van der Waals surface area (Å²) < 4.78 is 2.76. The molecule has 0 bridgehead atoms. The van der Waals surface area contributed by atoms with E-state index in [1.807, 2.05) is 18.2 Å². The van der Waals surface area contributed by atoms with Crippen LogP contribution in [0.15, 0.2) is 24.4 Å². The van der Waals surface area contributed by atoms with E-state index >= 15 is 0 Å². The summed E-state index contributed by atoms with van der Waals surface area (Å²) in [6, 6.07) is 5.89. The largest absolute Gasteiger partial charge is 0.332 e. The van der Waals surface area contributed by atoms with Crippen LogP contribution < -0.4 is 4.72 Å². The minimum atomic E-state index is 0.963. The summed E-state index contributed by atoms with van der Waals surface area (Å²) >= 11 is 3.93. The van der Waals surface area contributed by atoms with Crippen LogP contribution in [0.3, 0.4) is 0 Å². The third-order valence-corrected chi connectivity index (χ3v) is 1.83. The van der Waals surface area contributed by atoms with Gasteiger partial charge in [-0.25, -0.2) is 0 Å². The SMILES string of the molecule is SNc1ccc2cn[nH]c2c1. The van der Waals surface area contributed by atoms with Crippen LogP contribution in [-0.4, -0.2) is 10.2 Å². The standard InChI is InChI=1S/C7H7N3S/c11-10-6-2-1-5-4-8-9-7(5)3-6/h1-4,10-11H,(H,8,9). The molecule has 0 fully saturated rings. The molecule has 56 valence electrons. The Bertz CT molecular complexity index is 368. The zero-order valence-corrected chi connectivity index (χ0v) is 6.60. The van der Waals surface area contributed by atoms with Crippen molar-refractivity contribution in [2.75, 3.05) is 4.72 Å². The highest BCUT2D eigenvalue weighted by atomic mass is 32.1. The third-order valence-electron chi connectivity index (χ3n) is 1.57. The number of anilines is 1. The maximum absolute atomic E-state index is 3.93. The fourth-order valence-corrected chi connectivity index (χ4v) is 1.15. The Morgan fingerprint density at radius 3 is 3.18 bits per heavy atom. The molecule has 4 heteroatoms. The predicted molar refractivity (Wildman–Crippen MR) is 48.7 cm³/mol. The molecular formula is C7H7N3S. The number of benzene rings is 1. The van der Waals surface area contributed by atoms with Crippen LogP contribution in [0.25, 0.3) is 10.9 Å². The first-order valence-electron chi connectivity index (χ1n) is 3.23. The van der Waals surface area contributed by atoms with Gasteiger partial charge in [0.1, 0.15) is 0 Å². The van der Waals surface area contributed by atoms with Crippen molar-refractivity contribution in [3.8, 4) is 0 Å². The lowest BCUT2D eigenvalue weighted by Gasteiger charge is -1.96. The number of fused-ring (bicyclic) bond motifs is 1. The van der Waals surface area contributed by atoms with Crippen molar-refractivity contribution >= 4 is 29.4 Å². The molecule has 0 atom stereocenters. The van der Waals surface area contributed by atoms with Crippen molar-refractivity contribution in [3.05, 3.63) is 24.4 Å². The van der Waals surface area contributed by atoms with Crippen molar-refractivity contribution in [1.29, 1.82) is 0 Å². The second-order valence-corrected chi connectivity index (χ2v) is 2.51. The summed E-state index contributed by atoms with van der Waals surface area (Å²) in [5.41, 5.74) is 1.98. The molecule has 0 aliphatic rings. The van der Waals surface area contributed by atoms with Crippen molar-refractivity contribution < 1.29 is 0 Å². The van der Waals surface area contributed by atoms with Gasteiger partial charge < -0.3 is 4.72 Å². The average Bonchev–Trinajstić information content (AvgIpc) is 2.50. The van der Waals surface area contributed by atoms with Gasteiger partial charge in [0.2, 0.25) is 0 Å². The normalized spacial score (nSPS) is 10.3. The molecule has 0 saturated carbocycles. The molecule has 0 spiro atoms. The van der Waals surface area contributed by atoms with Crippen molar-refractivity contribution in [2.45, 2.75) is 0 Å². The lowest BCUT2D eigenvalue weighted by atomic mass is 10.2. The third kappa shape index (κ3) is 1.05. The molecule has 1 aromatic heterocycles. The number of hydrogen-bond acceptors (Lipinski definition) is 3. The summed E-state index contributed by atoms with van der Waals surface area (Å²) in [6.45, 7) is 0. The van der Waals surface area contributed by atoms with Crippen LogP contribution in [0.4, 0.5) is 5.69 Å². The average molecular weight is 165 g/mol. The molecule has 2 aromatic rings. The first-order chi connectivity index (χ1) is 5.40. The molecule has 1 heterocycles. The maximum atomic E-state index is 3.93. The second-order valence-electron chi connectivity index (χ2n) is 2.28. The molecule has 3 nitrogen and oxygen atoms in total. The van der Waals surface area contributed by atoms with Gasteiger partial charge in [0.15, 0.2) is 0 Å². The Morgan fingerprint density at radius 2 is 2.36 bits per heavy atom. The molecular weight excluding hydrogens is 158 g/mol. The van der Waals surface area contributed by atoms with E-state index in [0.29, 0.717) is 0 Å². The van der Waals surface area contributed by atoms with Gasteiger partial charge in [0, 0.05) is 11.1 Å². The number of nitrogens with zero attached hydrogens (tertiary/aromatic N) is 1. The van der Waals surface area contributed by atoms with Crippen LogP contribution in [0.5, 0.6) is 0 Å². The highest BCUT2D eigenvalue weighted by Gasteiger charge is 1.94. The van der Waals surface area contributed by atoms with Gasteiger partial charge in [0.25, 0.3) is 0 Å². The summed E-state index contributed by atoms with van der Waals surface area (Å²) in [6.07, 6.45) is 1.79. The van der Waals surface area contributed by atoms with Gasteiger partial charge in [-0.3, -0.25) is 5.10 Å². The molecule has 0 amide bonds. The topological polar surface area (TPSA) is 40.7 Å². The van der Waals surface area contributed by atoms with Crippen LogP contribution in [-0.2, 0) is 0 Å². The van der Waals surface area contributed by atoms with E-state index in [2.05, 4.69) is 27.7 Å². The molecule has 11 heavy (non-hydrogen) atoms. The molecule has 0 radical (unpaired) electrons. The highest BCUT2D eigenvalue weighted by molar-refractivity contribution is 7.81. The first kappa shape index (κ1) is 6.54. The molecule has 0 saturated heterocycles. The maximum Gasteiger partial charge on any atom is 0.0671 e. The van der Waals surface area contributed by atoms with Gasteiger partial charge >= 0.3 is 0 Å². The quantitative estimate of drug-likeness (QED) is 0.564. The molecule has 0 aliphatic heterocycles. The highest BCUT2D eigenvalue weighted by Crippen LogP contribution is 2.16. The molecule has 2 rings (SSSR count). The van der Waals surface area contributed by atoms with E-state index in [0.717, 1.165) is 16.6 Å². The zero-order valence-electron chi connectivity index (χ0n) is 5.70. The first-order valence-corrected chi connectivity index (χ1v) is 3.68. The van der Waals surface area contributed by atoms with E-state index in [-0.39, 0.29) is 0 Å². The molecule has 0 aliphatic carbocycles. The lowest BCUT2D eigenvalue weighted by Crippen LogP contribution is -1.78. The minimum Gasteiger partial charge on any atom is -0.332 e. The lowest BCUT2D eigenvalue weighted by molar-refractivity contribution is 1.12. The minimum absolute atomic E-state index is 0.963. The smallest absolute Gasteiger partial charge is 0.0671 e. The molecule has 1 aromatic carbocycles. The number of rotatable bonds is 1. The number of aromatic nitrogens is 2. The second kappa shape index (κ2) is 2.47. The number of thiol groups is 1.